The third-order valence-corrected chi connectivity index (χ3v) is 14.2. The summed E-state index contributed by atoms with van der Waals surface area (Å²) >= 11 is 1.22. The van der Waals surface area contributed by atoms with Crippen LogP contribution in [0.5, 0.6) is 0 Å². The molecule has 5 heterocycles. The number of nitro groups is 3. The Morgan fingerprint density at radius 2 is 1.15 bits per heavy atom. The lowest BCUT2D eigenvalue weighted by Crippen LogP contribution is -2.63. The van der Waals surface area contributed by atoms with Crippen LogP contribution >= 0.6 is 11.8 Å². The number of non-ortho nitro benzene ring substituents is 3. The first kappa shape index (κ1) is 45.4. The van der Waals surface area contributed by atoms with Gasteiger partial charge in [-0.05, 0) is 72.9 Å². The first-order valence-electron chi connectivity index (χ1n) is 21.0. The molecule has 23 heteroatoms. The molecule has 4 fully saturated rings. The van der Waals surface area contributed by atoms with Crippen molar-refractivity contribution in [3.63, 3.8) is 0 Å². The highest BCUT2D eigenvalue weighted by atomic mass is 32.2. The fourth-order valence-electron chi connectivity index (χ4n) is 9.33. The number of aliphatic hydroxyl groups is 1. The zero-order valence-corrected chi connectivity index (χ0v) is 36.2. The minimum absolute atomic E-state index is 0.0248. The fourth-order valence-corrected chi connectivity index (χ4v) is 10.9. The lowest BCUT2D eigenvalue weighted by molar-refractivity contribution is -0.385. The number of ether oxygens (including phenoxy) is 3. The summed E-state index contributed by atoms with van der Waals surface area (Å²) in [5.41, 5.74) is 1.05. The topological polar surface area (TPSA) is 276 Å². The van der Waals surface area contributed by atoms with Crippen LogP contribution in [0, 0.1) is 42.2 Å². The van der Waals surface area contributed by atoms with Gasteiger partial charge in [0.2, 0.25) is 11.8 Å². The number of aliphatic hydroxyl groups excluding tert-OH is 1. The highest BCUT2D eigenvalue weighted by Gasteiger charge is 2.61. The van der Waals surface area contributed by atoms with Crippen LogP contribution in [0.3, 0.4) is 0 Å². The first-order valence-corrected chi connectivity index (χ1v) is 21.8. The average Bonchev–Trinajstić information content (AvgIpc) is 4.08. The molecule has 66 heavy (non-hydrogen) atoms. The molecule has 0 aromatic heterocycles. The van der Waals surface area contributed by atoms with Gasteiger partial charge in [-0.25, -0.2) is 14.4 Å². The maximum atomic E-state index is 14.6. The molecular weight excluding hydrogens is 887 g/mol. The van der Waals surface area contributed by atoms with Crippen molar-refractivity contribution >= 4 is 58.8 Å². The summed E-state index contributed by atoms with van der Waals surface area (Å²) < 4.78 is 16.8. The van der Waals surface area contributed by atoms with Crippen LogP contribution in [0.1, 0.15) is 43.4 Å². The highest BCUT2D eigenvalue weighted by Crippen LogP contribution is 2.53. The van der Waals surface area contributed by atoms with Crippen molar-refractivity contribution in [2.24, 2.45) is 11.8 Å². The van der Waals surface area contributed by atoms with Crippen LogP contribution in [-0.4, -0.2) is 125 Å². The van der Waals surface area contributed by atoms with Crippen LogP contribution < -0.4 is 0 Å². The Bertz CT molecular complexity index is 2500. The summed E-state index contributed by atoms with van der Waals surface area (Å²) in [6.45, 7) is 2.96. The second-order valence-corrected chi connectivity index (χ2v) is 18.1. The van der Waals surface area contributed by atoms with E-state index in [0.29, 0.717) is 28.0 Å². The number of thioether (sulfide) groups is 1. The van der Waals surface area contributed by atoms with E-state index in [4.69, 9.17) is 14.2 Å². The number of piperazine rings is 1. The van der Waals surface area contributed by atoms with Crippen LogP contribution in [0.25, 0.3) is 0 Å². The molecule has 0 spiro atoms. The average molecular weight is 930 g/mol. The molecule has 346 valence electrons. The minimum atomic E-state index is -1.05. The van der Waals surface area contributed by atoms with Gasteiger partial charge in [-0.1, -0.05) is 6.92 Å². The number of hydrogen-bond donors (Lipinski definition) is 1. The number of amides is 4. The Kier molecular flexibility index (Phi) is 12.7. The van der Waals surface area contributed by atoms with Crippen molar-refractivity contribution in [2.75, 3.05) is 19.6 Å². The smallest absolute Gasteiger partial charge is 0.410 e. The molecular formula is C43H43N7O15S. The van der Waals surface area contributed by atoms with Gasteiger partial charge in [0, 0.05) is 72.1 Å². The van der Waals surface area contributed by atoms with E-state index in [-0.39, 0.29) is 80.6 Å². The van der Waals surface area contributed by atoms with Gasteiger partial charge < -0.3 is 34.0 Å². The lowest BCUT2D eigenvalue weighted by atomic mass is 9.79. The van der Waals surface area contributed by atoms with E-state index in [1.165, 1.54) is 106 Å². The molecule has 3 aromatic rings. The van der Waals surface area contributed by atoms with Crippen molar-refractivity contribution in [3.05, 3.63) is 130 Å². The number of hydrogen-bond acceptors (Lipinski definition) is 16. The predicted molar refractivity (Wildman–Crippen MR) is 229 cm³/mol. The first-order chi connectivity index (χ1) is 31.5. The van der Waals surface area contributed by atoms with Crippen molar-refractivity contribution in [1.82, 2.24) is 19.6 Å². The number of nitrogens with zero attached hydrogens (tertiary/aromatic N) is 7. The molecule has 4 saturated heterocycles. The monoisotopic (exact) mass is 929 g/mol. The fraction of sp³-hybridized carbons (Fsp3) is 0.419. The van der Waals surface area contributed by atoms with Gasteiger partial charge in [0.05, 0.1) is 44.9 Å². The van der Waals surface area contributed by atoms with Gasteiger partial charge in [-0.15, -0.1) is 11.8 Å². The Hall–Kier alpha value is -7.14. The summed E-state index contributed by atoms with van der Waals surface area (Å²) in [5, 5.41) is 43.4. The molecule has 5 aliphatic rings. The molecule has 22 nitrogen and oxygen atoms in total. The maximum absolute atomic E-state index is 14.6. The van der Waals surface area contributed by atoms with E-state index in [1.54, 1.807) is 4.90 Å². The molecule has 2 bridgehead atoms. The van der Waals surface area contributed by atoms with E-state index in [9.17, 15) is 59.4 Å². The minimum Gasteiger partial charge on any atom is -0.456 e. The third-order valence-electron chi connectivity index (χ3n) is 12.7. The largest absolute Gasteiger partial charge is 0.456 e. The highest BCUT2D eigenvalue weighted by molar-refractivity contribution is 8.03. The summed E-state index contributed by atoms with van der Waals surface area (Å²) in [4.78, 5) is 107. The van der Waals surface area contributed by atoms with E-state index in [1.807, 2.05) is 6.92 Å². The molecule has 1 N–H and O–H groups in total. The number of likely N-dealkylation sites (tertiary alicyclic amines) is 3. The van der Waals surface area contributed by atoms with Gasteiger partial charge in [0.25, 0.3) is 17.1 Å². The lowest BCUT2D eigenvalue weighted by Gasteiger charge is -2.46. The molecule has 4 amide bonds. The second-order valence-electron chi connectivity index (χ2n) is 16.8. The van der Waals surface area contributed by atoms with Crippen LogP contribution in [-0.2, 0) is 48.4 Å². The van der Waals surface area contributed by atoms with Gasteiger partial charge >= 0.3 is 18.2 Å². The molecule has 0 radical (unpaired) electrons. The van der Waals surface area contributed by atoms with Crippen LogP contribution in [0.15, 0.2) is 83.4 Å². The zero-order chi connectivity index (χ0) is 47.1. The molecule has 0 saturated carbocycles. The molecule has 3 aromatic carbocycles. The van der Waals surface area contributed by atoms with Crippen molar-refractivity contribution < 1.29 is 58.1 Å². The molecule has 0 unspecified atom stereocenters. The number of nitro benzene ring substituents is 3. The van der Waals surface area contributed by atoms with Crippen molar-refractivity contribution in [1.29, 1.82) is 0 Å². The number of carbonyl (C=O) groups excluding carboxylic acids is 5. The Balaban J connectivity index is 0.992. The van der Waals surface area contributed by atoms with Crippen LogP contribution in [0.2, 0.25) is 0 Å². The quantitative estimate of drug-likeness (QED) is 0.0757. The SMILES string of the molecule is C[C@@H](O)[C@H]1C(=O)N2C(C(=O)OCc3ccc([N+](=O)[O-])cc3)=C(S[C@H]3C[C@@H](C(=O)N4C[C@@H]5C[C@H]4CN5C(=O)OCc4ccc([N+](=O)[O-])cc4)N(C(=O)OCc4ccc([N+](=O)[O-])cc4)C3)[C@H](C)[C@H]12. The Morgan fingerprint density at radius 1 is 0.697 bits per heavy atom. The predicted octanol–water partition coefficient (Wildman–Crippen LogP) is 4.66. The van der Waals surface area contributed by atoms with E-state index in [2.05, 4.69) is 0 Å². The van der Waals surface area contributed by atoms with E-state index >= 15 is 0 Å². The normalized spacial score (nSPS) is 24.5. The second kappa shape index (κ2) is 18.4. The summed E-state index contributed by atoms with van der Waals surface area (Å²) in [5.74, 6) is -2.96. The van der Waals surface area contributed by atoms with E-state index < -0.39 is 80.1 Å². The zero-order valence-electron chi connectivity index (χ0n) is 35.4. The third kappa shape index (κ3) is 8.82. The standard InChI is InChI=1S/C43H43N7O15S/c1-23-36-35(24(2)51)40(53)47(36)37(41(54)63-20-25-3-9-28(10-4-25)48(57)58)38(23)66-33-16-34(46(19-33)43(56)65-22-27-7-13-30(14-8-27)50(61)62)39(52)44-17-32-15-31(44)18-45(32)42(55)64-21-26-5-11-29(12-6-26)49(59)60/h3-14,23-24,31-36,51H,15-22H2,1-2H3/t23-,24-,31+,32+,33+,34+,35-,36-/m1/s1. The number of fused-ring (bicyclic) bond motifs is 3. The van der Waals surface area contributed by atoms with Crippen molar-refractivity contribution in [3.8, 4) is 0 Å². The number of β-lactam (4-membered cyclic amide) rings is 1. The number of esters is 1. The molecule has 8 atom stereocenters. The summed E-state index contributed by atoms with van der Waals surface area (Å²) in [6.07, 6.45) is -1.91. The Morgan fingerprint density at radius 3 is 1.61 bits per heavy atom. The number of benzene rings is 3. The molecule has 5 aliphatic heterocycles. The maximum Gasteiger partial charge on any atom is 0.410 e. The van der Waals surface area contributed by atoms with Gasteiger partial charge in [0.1, 0.15) is 31.6 Å². The van der Waals surface area contributed by atoms with Crippen LogP contribution in [0.4, 0.5) is 26.7 Å². The number of carbonyl (C=O) groups is 5. The number of rotatable bonds is 14. The van der Waals surface area contributed by atoms with E-state index in [0.717, 1.165) is 0 Å². The van der Waals surface area contributed by atoms with Gasteiger partial charge in [-0.2, -0.15) is 0 Å². The molecule has 0 aliphatic carbocycles. The van der Waals surface area contributed by atoms with Crippen molar-refractivity contribution in [2.45, 2.75) is 82.0 Å². The summed E-state index contributed by atoms with van der Waals surface area (Å²) in [7, 11) is 0. The summed E-state index contributed by atoms with van der Waals surface area (Å²) in [6, 6.07) is 14.1. The Labute approximate surface area is 379 Å². The van der Waals surface area contributed by atoms with Gasteiger partial charge in [-0.3, -0.25) is 44.8 Å². The molecule has 8 rings (SSSR count). The van der Waals surface area contributed by atoms with Gasteiger partial charge in [0.15, 0.2) is 0 Å².